The lowest BCUT2D eigenvalue weighted by atomic mass is 10.0. The first-order valence-corrected chi connectivity index (χ1v) is 18.0. The summed E-state index contributed by atoms with van der Waals surface area (Å²) in [6.07, 6.45) is 3.43. The van der Waals surface area contributed by atoms with Crippen molar-refractivity contribution in [2.45, 2.75) is 13.8 Å². The molecule has 1 saturated heterocycles. The first-order chi connectivity index (χ1) is 27.8. The molecule has 0 atom stereocenters. The molecule has 17 heteroatoms. The number of pyridine rings is 3. The Bertz CT molecular complexity index is 2770. The largest absolute Gasteiger partial charge is 0.378 e. The van der Waals surface area contributed by atoms with E-state index < -0.39 is 33.1 Å². The number of aromatic nitrogens is 3. The molecule has 0 amide bonds. The molecule has 4 aromatic carbocycles. The Kier molecular flexibility index (Phi) is 11.1. The number of ether oxygens (including phenoxy) is 1. The molecular formula is C41H30ClF4N7O5. The quantitative estimate of drug-likeness (QED) is 0.0936. The Labute approximate surface area is 332 Å². The highest BCUT2D eigenvalue weighted by Gasteiger charge is 2.22. The Balaban J connectivity index is 0.000000193. The summed E-state index contributed by atoms with van der Waals surface area (Å²) in [4.78, 5) is 36.2. The summed E-state index contributed by atoms with van der Waals surface area (Å²) in [6, 6.07) is 16.5. The van der Waals surface area contributed by atoms with Crippen LogP contribution < -0.4 is 10.2 Å². The maximum atomic E-state index is 14.8. The summed E-state index contributed by atoms with van der Waals surface area (Å²) in [7, 11) is 0. The molecule has 0 unspecified atom stereocenters. The van der Waals surface area contributed by atoms with Crippen molar-refractivity contribution in [1.29, 1.82) is 0 Å². The molecule has 7 aromatic rings. The third-order valence-corrected chi connectivity index (χ3v) is 9.99. The molecular weight excluding hydrogens is 782 g/mol. The molecule has 1 aliphatic heterocycles. The standard InChI is InChI=1S/C25H21F2N5O3.C16H9ClF2N2O2/c1-15-24(29-17-11-19(14-28-13-17)31-6-8-35-9-7-31)20-4-2-16(26)10-23(20)30-25(15)21-12-18(32(33)34)3-5-22(21)27;1-8-15(17)11-4-2-9(18)6-14(11)20-16(8)12-7-10(21(22)23)3-5-13(12)19/h2-5,10-14H,6-9H2,1H3,(H,29,30);2-7H,1H3. The summed E-state index contributed by atoms with van der Waals surface area (Å²) < 4.78 is 61.9. The highest BCUT2D eigenvalue weighted by atomic mass is 35.5. The number of nitrogens with one attached hydrogen (secondary N) is 1. The van der Waals surface area contributed by atoms with E-state index in [4.69, 9.17) is 16.3 Å². The molecule has 0 saturated carbocycles. The summed E-state index contributed by atoms with van der Waals surface area (Å²) in [5.74, 6) is -2.33. The molecule has 0 bridgehead atoms. The van der Waals surface area contributed by atoms with Gasteiger partial charge in [0.25, 0.3) is 11.4 Å². The van der Waals surface area contributed by atoms with Crippen LogP contribution in [-0.4, -0.2) is 51.1 Å². The molecule has 8 rings (SSSR count). The van der Waals surface area contributed by atoms with Gasteiger partial charge in [-0.2, -0.15) is 0 Å². The van der Waals surface area contributed by atoms with E-state index in [1.807, 2.05) is 6.07 Å². The van der Waals surface area contributed by atoms with Gasteiger partial charge in [0.2, 0.25) is 0 Å². The normalized spacial score (nSPS) is 12.6. The molecule has 294 valence electrons. The van der Waals surface area contributed by atoms with Crippen LogP contribution in [0.5, 0.6) is 0 Å². The van der Waals surface area contributed by atoms with Crippen LogP contribution >= 0.6 is 11.6 Å². The molecule has 0 spiro atoms. The topological polar surface area (TPSA) is 149 Å². The summed E-state index contributed by atoms with van der Waals surface area (Å²) >= 11 is 6.27. The van der Waals surface area contributed by atoms with E-state index in [9.17, 15) is 37.8 Å². The molecule has 0 radical (unpaired) electrons. The van der Waals surface area contributed by atoms with Crippen LogP contribution in [0, 0.1) is 57.3 Å². The van der Waals surface area contributed by atoms with E-state index in [1.165, 1.54) is 30.3 Å². The van der Waals surface area contributed by atoms with Crippen LogP contribution in [0.25, 0.3) is 44.3 Å². The van der Waals surface area contributed by atoms with E-state index in [0.717, 1.165) is 55.2 Å². The summed E-state index contributed by atoms with van der Waals surface area (Å²) in [5.41, 5.74) is 3.45. The lowest BCUT2D eigenvalue weighted by molar-refractivity contribution is -0.385. The highest BCUT2D eigenvalue weighted by molar-refractivity contribution is 6.36. The molecule has 58 heavy (non-hydrogen) atoms. The number of halogens is 5. The minimum Gasteiger partial charge on any atom is -0.378 e. The lowest BCUT2D eigenvalue weighted by Crippen LogP contribution is -2.36. The van der Waals surface area contributed by atoms with Crippen molar-refractivity contribution in [3.05, 3.63) is 151 Å². The van der Waals surface area contributed by atoms with Gasteiger partial charge in [0.05, 0.1) is 80.0 Å². The van der Waals surface area contributed by atoms with Gasteiger partial charge in [0, 0.05) is 71.4 Å². The van der Waals surface area contributed by atoms with Gasteiger partial charge in [-0.15, -0.1) is 0 Å². The maximum absolute atomic E-state index is 14.8. The predicted molar refractivity (Wildman–Crippen MR) is 213 cm³/mol. The number of benzene rings is 4. The second kappa shape index (κ2) is 16.4. The Morgan fingerprint density at radius 3 is 1.81 bits per heavy atom. The van der Waals surface area contributed by atoms with Gasteiger partial charge in [-0.3, -0.25) is 25.2 Å². The average Bonchev–Trinajstić information content (AvgIpc) is 3.21. The predicted octanol–water partition coefficient (Wildman–Crippen LogP) is 10.4. The third kappa shape index (κ3) is 8.05. The molecule has 0 aliphatic carbocycles. The average molecular weight is 812 g/mol. The molecule has 1 aliphatic rings. The first kappa shape index (κ1) is 39.5. The second-order valence-electron chi connectivity index (χ2n) is 13.2. The van der Waals surface area contributed by atoms with Crippen molar-refractivity contribution < 1.29 is 32.1 Å². The van der Waals surface area contributed by atoms with E-state index in [1.54, 1.807) is 32.3 Å². The SMILES string of the molecule is Cc1c(-c2cc([N+](=O)[O-])ccc2F)nc2cc(F)ccc2c1Cl.Cc1c(-c2cc([N+](=O)[O-])ccc2F)nc2cc(F)ccc2c1Nc1cncc(N2CCOCC2)c1. The van der Waals surface area contributed by atoms with E-state index >= 15 is 0 Å². The number of hydrogen-bond acceptors (Lipinski definition) is 10. The molecule has 4 heterocycles. The monoisotopic (exact) mass is 811 g/mol. The molecule has 1 N–H and O–H groups in total. The summed E-state index contributed by atoms with van der Waals surface area (Å²) in [5, 5.41) is 27.0. The number of hydrogen-bond donors (Lipinski definition) is 1. The number of nitro groups is 2. The number of rotatable bonds is 7. The summed E-state index contributed by atoms with van der Waals surface area (Å²) in [6.45, 7) is 6.14. The van der Waals surface area contributed by atoms with Crippen LogP contribution in [0.1, 0.15) is 11.1 Å². The second-order valence-corrected chi connectivity index (χ2v) is 13.6. The van der Waals surface area contributed by atoms with Crippen LogP contribution in [0.3, 0.4) is 0 Å². The number of nitro benzene ring substituents is 2. The van der Waals surface area contributed by atoms with Gasteiger partial charge in [0.15, 0.2) is 0 Å². The van der Waals surface area contributed by atoms with Crippen molar-refractivity contribution in [2.24, 2.45) is 0 Å². The van der Waals surface area contributed by atoms with Crippen molar-refractivity contribution in [1.82, 2.24) is 15.0 Å². The zero-order chi connectivity index (χ0) is 41.2. The fourth-order valence-corrected chi connectivity index (χ4v) is 6.81. The number of non-ortho nitro benzene ring substituents is 2. The highest BCUT2D eigenvalue weighted by Crippen LogP contribution is 2.39. The number of morpholine rings is 1. The van der Waals surface area contributed by atoms with Crippen LogP contribution in [0.15, 0.2) is 91.3 Å². The Morgan fingerprint density at radius 2 is 1.24 bits per heavy atom. The zero-order valence-corrected chi connectivity index (χ0v) is 31.4. The smallest absolute Gasteiger partial charge is 0.270 e. The van der Waals surface area contributed by atoms with Gasteiger partial charge in [-0.25, -0.2) is 27.5 Å². The fourth-order valence-electron chi connectivity index (χ4n) is 6.56. The molecule has 12 nitrogen and oxygen atoms in total. The zero-order valence-electron chi connectivity index (χ0n) is 30.6. The van der Waals surface area contributed by atoms with Crippen LogP contribution in [0.4, 0.5) is 46.0 Å². The lowest BCUT2D eigenvalue weighted by Gasteiger charge is -2.28. The number of fused-ring (bicyclic) bond motifs is 2. The van der Waals surface area contributed by atoms with Crippen molar-refractivity contribution in [3.63, 3.8) is 0 Å². The van der Waals surface area contributed by atoms with Gasteiger partial charge in [-0.05, 0) is 67.4 Å². The fraction of sp³-hybridized carbons (Fsp3) is 0.146. The van der Waals surface area contributed by atoms with Gasteiger partial charge >= 0.3 is 0 Å². The Morgan fingerprint density at radius 1 is 0.707 bits per heavy atom. The van der Waals surface area contributed by atoms with Gasteiger partial charge < -0.3 is 15.0 Å². The third-order valence-electron chi connectivity index (χ3n) is 9.51. The van der Waals surface area contributed by atoms with Crippen molar-refractivity contribution in [3.8, 4) is 22.5 Å². The minimum atomic E-state index is -0.669. The van der Waals surface area contributed by atoms with E-state index in [2.05, 4.69) is 25.2 Å². The minimum absolute atomic E-state index is 0.0360. The van der Waals surface area contributed by atoms with Crippen LogP contribution in [0.2, 0.25) is 5.02 Å². The molecule has 3 aromatic heterocycles. The van der Waals surface area contributed by atoms with Crippen molar-refractivity contribution in [2.75, 3.05) is 36.5 Å². The Hall–Kier alpha value is -6.78. The van der Waals surface area contributed by atoms with Crippen LogP contribution in [-0.2, 0) is 4.74 Å². The van der Waals surface area contributed by atoms with E-state index in [0.29, 0.717) is 51.5 Å². The van der Waals surface area contributed by atoms with Gasteiger partial charge in [-0.1, -0.05) is 11.6 Å². The van der Waals surface area contributed by atoms with Gasteiger partial charge in [0.1, 0.15) is 23.3 Å². The first-order valence-electron chi connectivity index (χ1n) is 17.6. The number of nitrogens with zero attached hydrogens (tertiary/aromatic N) is 6. The molecule has 1 fully saturated rings. The van der Waals surface area contributed by atoms with Crippen molar-refractivity contribution >= 4 is 61.8 Å². The number of anilines is 3. The van der Waals surface area contributed by atoms with E-state index in [-0.39, 0.29) is 44.9 Å². The maximum Gasteiger partial charge on any atom is 0.270 e.